The molecule has 7 nitrogen and oxygen atoms in total. The van der Waals surface area contributed by atoms with E-state index in [1.807, 2.05) is 4.72 Å². The van der Waals surface area contributed by atoms with E-state index in [1.54, 1.807) is 13.0 Å². The number of rotatable bonds is 8. The van der Waals surface area contributed by atoms with Crippen LogP contribution in [0.25, 0.3) is 0 Å². The molecule has 0 aliphatic heterocycles. The molecule has 118 valence electrons. The van der Waals surface area contributed by atoms with Crippen LogP contribution in [0.15, 0.2) is 27.6 Å². The summed E-state index contributed by atoms with van der Waals surface area (Å²) in [5.74, 6) is -1.23. The first-order valence-corrected chi connectivity index (χ1v) is 8.37. The maximum absolute atomic E-state index is 12.3. The zero-order chi connectivity index (χ0) is 16.0. The number of hydrogen-bond donors (Lipinski definition) is 3. The van der Waals surface area contributed by atoms with Gasteiger partial charge in [-0.05, 0) is 31.5 Å². The summed E-state index contributed by atoms with van der Waals surface area (Å²) in [4.78, 5) is 10.8. The van der Waals surface area contributed by atoms with Gasteiger partial charge < -0.3 is 14.9 Å². The molecule has 9 heteroatoms. The van der Waals surface area contributed by atoms with Crippen molar-refractivity contribution in [3.05, 3.63) is 22.7 Å². The van der Waals surface area contributed by atoms with Crippen molar-refractivity contribution in [1.82, 2.24) is 4.72 Å². The molecule has 0 amide bonds. The highest BCUT2D eigenvalue weighted by Crippen LogP contribution is 2.27. The van der Waals surface area contributed by atoms with Crippen molar-refractivity contribution in [3.63, 3.8) is 0 Å². The molecule has 1 aromatic rings. The van der Waals surface area contributed by atoms with Gasteiger partial charge >= 0.3 is 5.97 Å². The van der Waals surface area contributed by atoms with Gasteiger partial charge in [-0.25, -0.2) is 8.42 Å². The average molecular weight is 382 g/mol. The summed E-state index contributed by atoms with van der Waals surface area (Å²) in [6.07, 6.45) is -0.230. The number of aliphatic hydroxyl groups is 1. The van der Waals surface area contributed by atoms with Gasteiger partial charge in [-0.2, -0.15) is 4.72 Å². The van der Waals surface area contributed by atoms with E-state index in [4.69, 9.17) is 14.9 Å². The number of halogens is 1. The first-order valence-electron chi connectivity index (χ1n) is 6.10. The van der Waals surface area contributed by atoms with E-state index in [2.05, 4.69) is 15.9 Å². The van der Waals surface area contributed by atoms with Crippen LogP contribution in [-0.2, 0) is 14.8 Å². The molecule has 0 saturated heterocycles. The topological polar surface area (TPSA) is 113 Å². The first kappa shape index (κ1) is 17.9. The van der Waals surface area contributed by atoms with Gasteiger partial charge in [0.15, 0.2) is 0 Å². The molecule has 0 fully saturated rings. The number of ether oxygens (including phenoxy) is 1. The lowest BCUT2D eigenvalue weighted by molar-refractivity contribution is -0.139. The summed E-state index contributed by atoms with van der Waals surface area (Å²) in [5, 5.41) is 17.8. The Bertz CT molecular complexity index is 604. The highest BCUT2D eigenvalue weighted by molar-refractivity contribution is 9.10. The Morgan fingerprint density at radius 1 is 1.48 bits per heavy atom. The van der Waals surface area contributed by atoms with E-state index in [9.17, 15) is 13.2 Å². The van der Waals surface area contributed by atoms with E-state index < -0.39 is 28.6 Å². The molecular formula is C12H16BrNO6S. The fourth-order valence-corrected chi connectivity index (χ4v) is 3.49. The van der Waals surface area contributed by atoms with Gasteiger partial charge in [0, 0.05) is 11.1 Å². The van der Waals surface area contributed by atoms with Crippen LogP contribution in [0.4, 0.5) is 0 Å². The zero-order valence-electron chi connectivity index (χ0n) is 11.2. The van der Waals surface area contributed by atoms with Crippen molar-refractivity contribution in [3.8, 4) is 5.75 Å². The number of nitrogens with one attached hydrogen (secondary N) is 1. The Morgan fingerprint density at radius 3 is 2.67 bits per heavy atom. The number of sulfonamides is 1. The lowest BCUT2D eigenvalue weighted by Gasteiger charge is -2.16. The Morgan fingerprint density at radius 2 is 2.14 bits per heavy atom. The molecule has 0 radical (unpaired) electrons. The molecule has 1 atom stereocenters. The number of hydrogen-bond acceptors (Lipinski definition) is 5. The van der Waals surface area contributed by atoms with Crippen LogP contribution >= 0.6 is 15.9 Å². The summed E-state index contributed by atoms with van der Waals surface area (Å²) in [6, 6.07) is 3.01. The van der Waals surface area contributed by atoms with Crippen LogP contribution in [0, 0.1) is 0 Å². The number of benzene rings is 1. The highest BCUT2D eigenvalue weighted by Gasteiger charge is 2.27. The molecule has 0 heterocycles. The third-order valence-electron chi connectivity index (χ3n) is 2.51. The van der Waals surface area contributed by atoms with Gasteiger partial charge in [-0.1, -0.05) is 15.9 Å². The Kier molecular flexibility index (Phi) is 6.59. The van der Waals surface area contributed by atoms with Crippen molar-refractivity contribution in [2.45, 2.75) is 24.3 Å². The molecule has 0 aromatic heterocycles. The fraction of sp³-hybridized carbons (Fsp3) is 0.417. The summed E-state index contributed by atoms with van der Waals surface area (Å²) in [7, 11) is -4.10. The largest absolute Gasteiger partial charge is 0.492 e. The molecule has 1 unspecified atom stereocenters. The minimum absolute atomic E-state index is 0.126. The summed E-state index contributed by atoms with van der Waals surface area (Å²) >= 11 is 3.16. The van der Waals surface area contributed by atoms with Crippen LogP contribution < -0.4 is 9.46 Å². The van der Waals surface area contributed by atoms with Crippen molar-refractivity contribution >= 4 is 31.9 Å². The Labute approximate surface area is 131 Å². The van der Waals surface area contributed by atoms with E-state index in [1.165, 1.54) is 12.1 Å². The number of carboxylic acids is 1. The normalized spacial score (nSPS) is 12.9. The molecule has 3 N–H and O–H groups in total. The second-order valence-corrected chi connectivity index (χ2v) is 6.65. The van der Waals surface area contributed by atoms with Crippen LogP contribution in [0.3, 0.4) is 0 Å². The average Bonchev–Trinajstić information content (AvgIpc) is 2.40. The number of carboxylic acid groups (broad SMARTS) is 1. The van der Waals surface area contributed by atoms with Crippen LogP contribution in [0.1, 0.15) is 13.3 Å². The van der Waals surface area contributed by atoms with E-state index >= 15 is 0 Å². The van der Waals surface area contributed by atoms with Crippen molar-refractivity contribution < 1.29 is 28.2 Å². The quantitative estimate of drug-likeness (QED) is 0.618. The molecule has 0 spiro atoms. The minimum atomic E-state index is -4.10. The predicted octanol–water partition coefficient (Wildman–Crippen LogP) is 0.962. The SMILES string of the molecule is CCOc1ccc(Br)cc1S(=O)(=O)NC(CCO)C(=O)O. The maximum Gasteiger partial charge on any atom is 0.321 e. The van der Waals surface area contributed by atoms with Crippen LogP contribution in [0.5, 0.6) is 5.75 Å². The third kappa shape index (κ3) is 4.95. The Hall–Kier alpha value is -1.16. The summed E-state index contributed by atoms with van der Waals surface area (Å²) in [6.45, 7) is 1.52. The van der Waals surface area contributed by atoms with Gasteiger partial charge in [0.2, 0.25) is 10.0 Å². The molecule has 0 saturated carbocycles. The second-order valence-electron chi connectivity index (χ2n) is 4.05. The lowest BCUT2D eigenvalue weighted by Crippen LogP contribution is -2.41. The fourth-order valence-electron chi connectivity index (χ4n) is 1.58. The van der Waals surface area contributed by atoms with Crippen molar-refractivity contribution in [1.29, 1.82) is 0 Å². The predicted molar refractivity (Wildman–Crippen MR) is 78.8 cm³/mol. The van der Waals surface area contributed by atoms with Crippen molar-refractivity contribution in [2.75, 3.05) is 13.2 Å². The molecule has 1 rings (SSSR count). The number of aliphatic carboxylic acids is 1. The summed E-state index contributed by atoms with van der Waals surface area (Å²) in [5.41, 5.74) is 0. The molecule has 0 bridgehead atoms. The third-order valence-corrected chi connectivity index (χ3v) is 4.49. The van der Waals surface area contributed by atoms with E-state index in [-0.39, 0.29) is 23.7 Å². The maximum atomic E-state index is 12.3. The molecule has 1 aromatic carbocycles. The molecule has 21 heavy (non-hydrogen) atoms. The smallest absolute Gasteiger partial charge is 0.321 e. The molecule has 0 aliphatic carbocycles. The Balaban J connectivity index is 3.17. The van der Waals surface area contributed by atoms with Gasteiger partial charge in [0.1, 0.15) is 16.7 Å². The monoisotopic (exact) mass is 381 g/mol. The van der Waals surface area contributed by atoms with Gasteiger partial charge in [-0.3, -0.25) is 4.79 Å². The number of carbonyl (C=O) groups is 1. The highest BCUT2D eigenvalue weighted by atomic mass is 79.9. The number of aliphatic hydroxyl groups excluding tert-OH is 1. The van der Waals surface area contributed by atoms with Crippen LogP contribution in [-0.4, -0.2) is 43.9 Å². The summed E-state index contributed by atoms with van der Waals surface area (Å²) < 4.78 is 32.4. The lowest BCUT2D eigenvalue weighted by atomic mass is 10.2. The standard InChI is InChI=1S/C12H16BrNO6S/c1-2-20-10-4-3-8(13)7-11(10)21(18,19)14-9(5-6-15)12(16)17/h3-4,7,9,14-15H,2,5-6H2,1H3,(H,16,17). The van der Waals surface area contributed by atoms with Gasteiger partial charge in [-0.15, -0.1) is 0 Å². The van der Waals surface area contributed by atoms with Crippen LogP contribution in [0.2, 0.25) is 0 Å². The van der Waals surface area contributed by atoms with E-state index in [0.717, 1.165) is 0 Å². The molecular weight excluding hydrogens is 366 g/mol. The van der Waals surface area contributed by atoms with Gasteiger partial charge in [0.25, 0.3) is 0 Å². The first-order chi connectivity index (χ1) is 9.81. The minimum Gasteiger partial charge on any atom is -0.492 e. The second kappa shape index (κ2) is 7.74. The van der Waals surface area contributed by atoms with E-state index in [0.29, 0.717) is 4.47 Å². The van der Waals surface area contributed by atoms with Crippen molar-refractivity contribution in [2.24, 2.45) is 0 Å². The molecule has 0 aliphatic rings. The van der Waals surface area contributed by atoms with Gasteiger partial charge in [0.05, 0.1) is 6.61 Å². The zero-order valence-corrected chi connectivity index (χ0v) is 13.6.